The first-order valence-corrected chi connectivity index (χ1v) is 4.86. The van der Waals surface area contributed by atoms with E-state index in [-0.39, 0.29) is 5.54 Å². The van der Waals surface area contributed by atoms with E-state index in [1.54, 1.807) is 7.11 Å². The van der Waals surface area contributed by atoms with Crippen molar-refractivity contribution < 1.29 is 9.47 Å². The topological polar surface area (TPSA) is 56.8 Å². The predicted molar refractivity (Wildman–Crippen MR) is 58.7 cm³/mol. The molecule has 2 N–H and O–H groups in total. The highest BCUT2D eigenvalue weighted by Crippen LogP contribution is 2.06. The van der Waals surface area contributed by atoms with Crippen LogP contribution in [0.15, 0.2) is 4.99 Å². The molecule has 0 atom stereocenters. The summed E-state index contributed by atoms with van der Waals surface area (Å²) in [5.41, 5.74) is 5.61. The SMILES string of the molecule is COCCOCCC(N)=NC(C)(C)C. The van der Waals surface area contributed by atoms with Gasteiger partial charge in [0.1, 0.15) is 0 Å². The third kappa shape index (κ3) is 9.48. The number of hydrogen-bond acceptors (Lipinski definition) is 3. The second-order valence-electron chi connectivity index (χ2n) is 4.13. The minimum Gasteiger partial charge on any atom is -0.387 e. The molecule has 0 aliphatic carbocycles. The van der Waals surface area contributed by atoms with Crippen molar-refractivity contribution >= 4 is 5.84 Å². The lowest BCUT2D eigenvalue weighted by Gasteiger charge is -2.13. The van der Waals surface area contributed by atoms with Crippen LogP contribution in [-0.2, 0) is 9.47 Å². The fourth-order valence-corrected chi connectivity index (χ4v) is 0.908. The molecule has 0 rings (SSSR count). The van der Waals surface area contributed by atoms with Crippen molar-refractivity contribution in [3.63, 3.8) is 0 Å². The normalized spacial score (nSPS) is 13.3. The number of nitrogens with zero attached hydrogens (tertiary/aromatic N) is 1. The summed E-state index contributed by atoms with van der Waals surface area (Å²) >= 11 is 0. The molecule has 84 valence electrons. The highest BCUT2D eigenvalue weighted by atomic mass is 16.5. The van der Waals surface area contributed by atoms with Gasteiger partial charge in [-0.1, -0.05) is 0 Å². The molecule has 0 fully saturated rings. The van der Waals surface area contributed by atoms with E-state index in [1.807, 2.05) is 20.8 Å². The molecule has 4 nitrogen and oxygen atoms in total. The van der Waals surface area contributed by atoms with E-state index < -0.39 is 0 Å². The molecular formula is C10H22N2O2. The van der Waals surface area contributed by atoms with Gasteiger partial charge in [0.15, 0.2) is 0 Å². The summed E-state index contributed by atoms with van der Waals surface area (Å²) in [5, 5.41) is 0. The van der Waals surface area contributed by atoms with Gasteiger partial charge in [-0.2, -0.15) is 0 Å². The van der Waals surface area contributed by atoms with Crippen LogP contribution in [0.25, 0.3) is 0 Å². The molecular weight excluding hydrogens is 180 g/mol. The lowest BCUT2D eigenvalue weighted by atomic mass is 10.1. The maximum Gasteiger partial charge on any atom is 0.0966 e. The predicted octanol–water partition coefficient (Wildman–Crippen LogP) is 1.20. The number of nitrogens with two attached hydrogens (primary N) is 1. The zero-order valence-electron chi connectivity index (χ0n) is 9.67. The zero-order valence-corrected chi connectivity index (χ0v) is 9.67. The molecule has 0 aromatic rings. The molecule has 0 aromatic carbocycles. The highest BCUT2D eigenvalue weighted by molar-refractivity contribution is 5.80. The maximum atomic E-state index is 5.71. The Morgan fingerprint density at radius 1 is 1.21 bits per heavy atom. The van der Waals surface area contributed by atoms with Gasteiger partial charge in [-0.25, -0.2) is 0 Å². The number of methoxy groups -OCH3 is 1. The Morgan fingerprint density at radius 2 is 1.86 bits per heavy atom. The Kier molecular flexibility index (Phi) is 6.49. The van der Waals surface area contributed by atoms with Crippen LogP contribution in [0.3, 0.4) is 0 Å². The van der Waals surface area contributed by atoms with Gasteiger partial charge in [0.2, 0.25) is 0 Å². The van der Waals surface area contributed by atoms with Crippen LogP contribution < -0.4 is 5.73 Å². The number of ether oxygens (including phenoxy) is 2. The van der Waals surface area contributed by atoms with Crippen molar-refractivity contribution in [1.82, 2.24) is 0 Å². The third-order valence-electron chi connectivity index (χ3n) is 1.41. The van der Waals surface area contributed by atoms with Crippen LogP contribution in [0, 0.1) is 0 Å². The molecule has 0 aliphatic heterocycles. The Balaban J connectivity index is 3.54. The number of rotatable bonds is 6. The van der Waals surface area contributed by atoms with Crippen molar-refractivity contribution in [3.05, 3.63) is 0 Å². The standard InChI is InChI=1S/C10H22N2O2/c1-10(2,3)12-9(11)5-6-14-8-7-13-4/h5-8H2,1-4H3,(H2,11,12). The monoisotopic (exact) mass is 202 g/mol. The van der Waals surface area contributed by atoms with Crippen molar-refractivity contribution in [2.75, 3.05) is 26.9 Å². The van der Waals surface area contributed by atoms with E-state index in [1.165, 1.54) is 0 Å². The summed E-state index contributed by atoms with van der Waals surface area (Å²) in [6.45, 7) is 7.90. The first-order valence-electron chi connectivity index (χ1n) is 4.86. The third-order valence-corrected chi connectivity index (χ3v) is 1.41. The first kappa shape index (κ1) is 13.4. The van der Waals surface area contributed by atoms with Gasteiger partial charge in [0.25, 0.3) is 0 Å². The van der Waals surface area contributed by atoms with Crippen LogP contribution >= 0.6 is 0 Å². The second kappa shape index (κ2) is 6.79. The maximum absolute atomic E-state index is 5.71. The zero-order chi connectivity index (χ0) is 11.0. The van der Waals surface area contributed by atoms with Gasteiger partial charge in [0.05, 0.1) is 31.2 Å². The second-order valence-corrected chi connectivity index (χ2v) is 4.13. The van der Waals surface area contributed by atoms with Crippen molar-refractivity contribution in [1.29, 1.82) is 0 Å². The summed E-state index contributed by atoms with van der Waals surface area (Å²) in [6, 6.07) is 0. The van der Waals surface area contributed by atoms with Gasteiger partial charge in [0, 0.05) is 13.5 Å². The minimum absolute atomic E-state index is 0.101. The van der Waals surface area contributed by atoms with Gasteiger partial charge < -0.3 is 15.2 Å². The number of aliphatic imine (C=N–C) groups is 1. The van der Waals surface area contributed by atoms with Crippen molar-refractivity contribution in [3.8, 4) is 0 Å². The van der Waals surface area contributed by atoms with Crippen LogP contribution in [0.2, 0.25) is 0 Å². The van der Waals surface area contributed by atoms with Crippen molar-refractivity contribution in [2.45, 2.75) is 32.7 Å². The molecule has 0 heterocycles. The first-order chi connectivity index (χ1) is 6.45. The van der Waals surface area contributed by atoms with Gasteiger partial charge in [-0.05, 0) is 20.8 Å². The fraction of sp³-hybridized carbons (Fsp3) is 0.900. The van der Waals surface area contributed by atoms with E-state index >= 15 is 0 Å². The van der Waals surface area contributed by atoms with E-state index in [0.717, 1.165) is 0 Å². The molecule has 0 saturated heterocycles. The van der Waals surface area contributed by atoms with Gasteiger partial charge >= 0.3 is 0 Å². The lowest BCUT2D eigenvalue weighted by Crippen LogP contribution is -2.22. The molecule has 0 unspecified atom stereocenters. The minimum atomic E-state index is -0.101. The van der Waals surface area contributed by atoms with Gasteiger partial charge in [-0.3, -0.25) is 4.99 Å². The largest absolute Gasteiger partial charge is 0.387 e. The molecule has 0 aliphatic rings. The average molecular weight is 202 g/mol. The molecule has 0 bridgehead atoms. The average Bonchev–Trinajstić information content (AvgIpc) is 2.00. The summed E-state index contributed by atoms with van der Waals surface area (Å²) in [6.07, 6.45) is 0.682. The lowest BCUT2D eigenvalue weighted by molar-refractivity contribution is 0.0742. The smallest absolute Gasteiger partial charge is 0.0966 e. The Bertz CT molecular complexity index is 173. The quantitative estimate of drug-likeness (QED) is 0.400. The molecule has 14 heavy (non-hydrogen) atoms. The van der Waals surface area contributed by atoms with Gasteiger partial charge in [-0.15, -0.1) is 0 Å². The highest BCUT2D eigenvalue weighted by Gasteiger charge is 2.07. The molecule has 0 spiro atoms. The fourth-order valence-electron chi connectivity index (χ4n) is 0.908. The van der Waals surface area contributed by atoms with E-state index in [4.69, 9.17) is 15.2 Å². The van der Waals surface area contributed by atoms with Crippen LogP contribution in [-0.4, -0.2) is 38.3 Å². The summed E-state index contributed by atoms with van der Waals surface area (Å²) in [7, 11) is 1.65. The molecule has 4 heteroatoms. The molecule has 0 saturated carbocycles. The Labute approximate surface area is 86.5 Å². The summed E-state index contributed by atoms with van der Waals surface area (Å²) in [5.74, 6) is 0.648. The summed E-state index contributed by atoms with van der Waals surface area (Å²) < 4.78 is 10.1. The molecule has 0 aromatic heterocycles. The van der Waals surface area contributed by atoms with E-state index in [0.29, 0.717) is 32.1 Å². The van der Waals surface area contributed by atoms with Crippen LogP contribution in [0.4, 0.5) is 0 Å². The molecule has 0 radical (unpaired) electrons. The number of amidine groups is 1. The Hall–Kier alpha value is -0.610. The summed E-state index contributed by atoms with van der Waals surface area (Å²) in [4.78, 5) is 4.31. The molecule has 0 amide bonds. The van der Waals surface area contributed by atoms with Crippen molar-refractivity contribution in [2.24, 2.45) is 10.7 Å². The van der Waals surface area contributed by atoms with Crippen LogP contribution in [0.5, 0.6) is 0 Å². The van der Waals surface area contributed by atoms with E-state index in [9.17, 15) is 0 Å². The van der Waals surface area contributed by atoms with Crippen LogP contribution in [0.1, 0.15) is 27.2 Å². The van der Waals surface area contributed by atoms with E-state index in [2.05, 4.69) is 4.99 Å². The number of hydrogen-bond donors (Lipinski definition) is 1. The Morgan fingerprint density at radius 3 is 2.36 bits per heavy atom.